The molecule has 4 aliphatic rings. The van der Waals surface area contributed by atoms with Gasteiger partial charge >= 0.3 is 0 Å². The summed E-state index contributed by atoms with van der Waals surface area (Å²) in [6, 6.07) is 20.4. The molecule has 1 saturated carbocycles. The number of allylic oxidation sites excluding steroid dienone is 4. The van der Waals surface area contributed by atoms with Crippen molar-refractivity contribution in [3.05, 3.63) is 125 Å². The van der Waals surface area contributed by atoms with E-state index in [9.17, 15) is 9.59 Å². The summed E-state index contributed by atoms with van der Waals surface area (Å²) in [7, 11) is 6.90. The topological polar surface area (TPSA) is 144 Å². The molecule has 406 valence electrons. The third-order valence-corrected chi connectivity index (χ3v) is 17.0. The van der Waals surface area contributed by atoms with Crippen LogP contribution in [0.15, 0.2) is 113 Å². The zero-order valence-corrected chi connectivity index (χ0v) is 46.7. The van der Waals surface area contributed by atoms with Crippen molar-refractivity contribution in [2.75, 3.05) is 94.8 Å². The summed E-state index contributed by atoms with van der Waals surface area (Å²) >= 11 is 0. The number of para-hydroxylation sites is 2. The highest BCUT2D eigenvalue weighted by Crippen LogP contribution is 2.41. The zero-order chi connectivity index (χ0) is 53.0. The Kier molecular flexibility index (Phi) is 22.3. The van der Waals surface area contributed by atoms with Crippen molar-refractivity contribution < 1.29 is 38.0 Å². The van der Waals surface area contributed by atoms with E-state index in [0.717, 1.165) is 54.9 Å². The number of benzene rings is 3. The molecular formula is C59H80N6O8S2. The Labute approximate surface area is 453 Å². The molecule has 7 rings (SSSR count). The van der Waals surface area contributed by atoms with Crippen LogP contribution in [0.1, 0.15) is 101 Å². The van der Waals surface area contributed by atoms with Crippen LogP contribution in [0.4, 0.5) is 17.1 Å². The second kappa shape index (κ2) is 29.2. The van der Waals surface area contributed by atoms with Crippen molar-refractivity contribution in [2.45, 2.75) is 115 Å². The molecule has 0 aromatic heterocycles. The van der Waals surface area contributed by atoms with E-state index >= 15 is 0 Å². The fourth-order valence-electron chi connectivity index (χ4n) is 9.85. The Morgan fingerprint density at radius 1 is 0.933 bits per heavy atom. The van der Waals surface area contributed by atoms with Gasteiger partial charge in [0.2, 0.25) is 5.91 Å². The predicted octanol–water partition coefficient (Wildman–Crippen LogP) is 11.2. The first-order chi connectivity index (χ1) is 36.5. The van der Waals surface area contributed by atoms with Gasteiger partial charge in [-0.3, -0.25) is 14.6 Å². The van der Waals surface area contributed by atoms with Gasteiger partial charge in [-0.2, -0.15) is 0 Å². The van der Waals surface area contributed by atoms with Crippen molar-refractivity contribution in [1.82, 2.24) is 10.2 Å². The average molecular weight is 1070 g/mol. The van der Waals surface area contributed by atoms with Crippen LogP contribution in [0.25, 0.3) is 0 Å². The predicted molar refractivity (Wildman–Crippen MR) is 308 cm³/mol. The number of hydrogen-bond acceptors (Lipinski definition) is 14. The molecule has 3 aromatic carbocycles. The number of anilines is 3. The van der Waals surface area contributed by atoms with Gasteiger partial charge in [-0.1, -0.05) is 96.8 Å². The summed E-state index contributed by atoms with van der Waals surface area (Å²) in [6.07, 6.45) is 17.3. The second-order valence-corrected chi connectivity index (χ2v) is 23.1. The monoisotopic (exact) mass is 1060 g/mol. The number of aliphatic imine (C=N–C) groups is 1. The zero-order valence-electron chi connectivity index (χ0n) is 45.1. The van der Waals surface area contributed by atoms with E-state index in [1.54, 1.807) is 20.3 Å². The molecule has 14 nitrogen and oxygen atoms in total. The van der Waals surface area contributed by atoms with Crippen molar-refractivity contribution >= 4 is 56.7 Å². The molecule has 0 radical (unpaired) electrons. The molecule has 0 unspecified atom stereocenters. The third kappa shape index (κ3) is 17.1. The number of fused-ring (bicyclic) bond motifs is 5. The molecule has 0 bridgehead atoms. The number of amides is 2. The van der Waals surface area contributed by atoms with Crippen LogP contribution in [0.3, 0.4) is 0 Å². The Bertz CT molecular complexity index is 2480. The van der Waals surface area contributed by atoms with E-state index in [-0.39, 0.29) is 35.3 Å². The van der Waals surface area contributed by atoms with Crippen molar-refractivity contribution in [3.63, 3.8) is 0 Å². The van der Waals surface area contributed by atoms with Gasteiger partial charge in [-0.05, 0) is 82.2 Å². The van der Waals surface area contributed by atoms with E-state index in [2.05, 4.69) is 71.6 Å². The lowest BCUT2D eigenvalue weighted by Gasteiger charge is -2.34. The van der Waals surface area contributed by atoms with Crippen LogP contribution in [0, 0.1) is 0 Å². The lowest BCUT2D eigenvalue weighted by molar-refractivity contribution is -0.122. The van der Waals surface area contributed by atoms with Gasteiger partial charge in [0.05, 0.1) is 69.2 Å². The third-order valence-electron chi connectivity index (χ3n) is 13.6. The highest BCUT2D eigenvalue weighted by Gasteiger charge is 2.38. The molecule has 1 aliphatic carbocycles. The summed E-state index contributed by atoms with van der Waals surface area (Å²) in [4.78, 5) is 36.0. The first kappa shape index (κ1) is 57.3. The van der Waals surface area contributed by atoms with Crippen molar-refractivity contribution in [2.24, 2.45) is 4.99 Å². The van der Waals surface area contributed by atoms with Crippen LogP contribution in [0.2, 0.25) is 0 Å². The molecular weight excluding hydrogens is 985 g/mol. The second-order valence-electron chi connectivity index (χ2n) is 20.0. The van der Waals surface area contributed by atoms with Gasteiger partial charge in [0.1, 0.15) is 18.1 Å². The number of methoxy groups -OCH3 is 2. The number of hydrogen-bond donors (Lipinski definition) is 3. The molecule has 3 aromatic rings. The van der Waals surface area contributed by atoms with Gasteiger partial charge in [-0.15, -0.1) is 0 Å². The van der Waals surface area contributed by atoms with E-state index in [0.29, 0.717) is 112 Å². The maximum absolute atomic E-state index is 14.3. The highest BCUT2D eigenvalue weighted by molar-refractivity contribution is 8.77. The van der Waals surface area contributed by atoms with Crippen LogP contribution in [-0.4, -0.2) is 125 Å². The lowest BCUT2D eigenvalue weighted by atomic mass is 9.95. The van der Waals surface area contributed by atoms with Crippen LogP contribution < -0.4 is 30.3 Å². The van der Waals surface area contributed by atoms with Crippen molar-refractivity contribution in [3.8, 4) is 11.5 Å². The van der Waals surface area contributed by atoms with E-state index in [4.69, 9.17) is 33.4 Å². The highest BCUT2D eigenvalue weighted by atomic mass is 33.1. The van der Waals surface area contributed by atoms with E-state index in [1.165, 1.54) is 30.4 Å². The van der Waals surface area contributed by atoms with Gasteiger partial charge < -0.3 is 54.2 Å². The van der Waals surface area contributed by atoms with Crippen molar-refractivity contribution in [1.29, 1.82) is 0 Å². The largest absolute Gasteiger partial charge is 0.493 e. The number of rotatable bonds is 30. The molecule has 1 fully saturated rings. The van der Waals surface area contributed by atoms with Crippen LogP contribution >= 0.6 is 21.6 Å². The molecule has 0 saturated heterocycles. The SMILES string of the molecule is C=C(/C=C(\CC)O/C(=C\C(=C/C)N(CCOCCOCCOC)CC(C)(C)SSCCCC(=O)NC1CCCCC1)COc1cc2c(cc1OC)C(=O)N1c3ccccc3C[C@H]1CN2)/N=C\[C@@H]1Cc2ccccc2N1. The quantitative estimate of drug-likeness (QED) is 0.0192. The number of ether oxygens (including phenoxy) is 6. The Hall–Kier alpha value is -5.39. The van der Waals surface area contributed by atoms with Crippen LogP contribution in [-0.2, 0) is 36.6 Å². The fourth-order valence-corrected chi connectivity index (χ4v) is 12.4. The summed E-state index contributed by atoms with van der Waals surface area (Å²) in [5.74, 6) is 3.07. The average Bonchev–Trinajstić information content (AvgIpc) is 3.99. The maximum Gasteiger partial charge on any atom is 0.260 e. The minimum Gasteiger partial charge on any atom is -0.493 e. The van der Waals surface area contributed by atoms with E-state index in [1.807, 2.05) is 89.0 Å². The van der Waals surface area contributed by atoms with Crippen LogP contribution in [0.5, 0.6) is 11.5 Å². The number of carbonyl (C=O) groups is 2. The molecule has 75 heavy (non-hydrogen) atoms. The minimum absolute atomic E-state index is 0.0163. The fraction of sp³-hybridized carbons (Fsp3) is 0.508. The first-order valence-corrected chi connectivity index (χ1v) is 29.1. The summed E-state index contributed by atoms with van der Waals surface area (Å²) in [5.41, 5.74) is 7.19. The summed E-state index contributed by atoms with van der Waals surface area (Å²) < 4.78 is 36.2. The molecule has 2 atom stereocenters. The van der Waals surface area contributed by atoms with Gasteiger partial charge in [0, 0.05) is 97.6 Å². The van der Waals surface area contributed by atoms with Gasteiger partial charge in [-0.25, -0.2) is 0 Å². The normalized spacial score (nSPS) is 17.9. The number of nitrogens with zero attached hydrogens (tertiary/aromatic N) is 3. The Morgan fingerprint density at radius 3 is 2.45 bits per heavy atom. The Balaban J connectivity index is 1.10. The first-order valence-electron chi connectivity index (χ1n) is 26.8. The molecule has 16 heteroatoms. The molecule has 3 N–H and O–H groups in total. The minimum atomic E-state index is -0.200. The molecule has 3 heterocycles. The van der Waals surface area contributed by atoms with Gasteiger partial charge in [0.15, 0.2) is 11.5 Å². The Morgan fingerprint density at radius 2 is 1.69 bits per heavy atom. The van der Waals surface area contributed by atoms with Gasteiger partial charge in [0.25, 0.3) is 5.91 Å². The maximum atomic E-state index is 14.3. The van der Waals surface area contributed by atoms with E-state index < -0.39 is 0 Å². The summed E-state index contributed by atoms with van der Waals surface area (Å²) in [5, 5.41) is 10.4. The molecule has 2 amide bonds. The summed E-state index contributed by atoms with van der Waals surface area (Å²) in [6.45, 7) is 17.2. The standard InChI is InChI=1S/C59H80N6O8S2/c1-8-47(64(25-26-70-29-30-71-28-27-68-6)41-59(4,5)75-74-31-17-24-57(66)63-45-20-11-10-12-21-45)35-50(73-49(9-2)32-42(3)60-38-46-33-43-18-13-15-22-52(43)62-46)40-72-56-37-53-51(36-55(56)69-7)58(67)65-48(39-61-53)34-44-19-14-16-23-54(44)65/h8,13-16,18-19,22-23,32,35-38,45-46,48,61-62H,3,9-12,17,20-21,24-31,33-34,39-41H2,1-2,4-7H3,(H,63,66)/b47-8+,49-32+,50-35-,60-38-/t46-,48-/m0/s1. The number of nitrogens with one attached hydrogen (secondary N) is 3. The molecule has 0 spiro atoms. The molecule has 3 aliphatic heterocycles. The smallest absolute Gasteiger partial charge is 0.260 e. The number of carbonyl (C=O) groups excluding carboxylic acids is 2. The lowest BCUT2D eigenvalue weighted by Crippen LogP contribution is -2.39.